The lowest BCUT2D eigenvalue weighted by molar-refractivity contribution is 0.0615. The number of oxime groups is 1. The van der Waals surface area contributed by atoms with Crippen LogP contribution in [0.3, 0.4) is 0 Å². The van der Waals surface area contributed by atoms with Gasteiger partial charge in [-0.1, -0.05) is 5.16 Å². The third kappa shape index (κ3) is 2.34. The lowest BCUT2D eigenvalue weighted by atomic mass is 10.0. The molecule has 0 amide bonds. The van der Waals surface area contributed by atoms with Crippen LogP contribution in [0.5, 0.6) is 0 Å². The van der Waals surface area contributed by atoms with Gasteiger partial charge in [0.1, 0.15) is 5.65 Å². The van der Waals surface area contributed by atoms with Crippen molar-refractivity contribution in [3.8, 4) is 0 Å². The van der Waals surface area contributed by atoms with Gasteiger partial charge in [0.2, 0.25) is 0 Å². The van der Waals surface area contributed by atoms with Crippen LogP contribution >= 0.6 is 0 Å². The summed E-state index contributed by atoms with van der Waals surface area (Å²) in [6.07, 6.45) is 3.82. The molecule has 0 aromatic carbocycles. The molecule has 0 saturated carbocycles. The van der Waals surface area contributed by atoms with E-state index in [1.54, 1.807) is 6.20 Å². The first-order valence-corrected chi connectivity index (χ1v) is 6.79. The molecule has 0 spiro atoms. The van der Waals surface area contributed by atoms with Crippen LogP contribution in [0.25, 0.3) is 11.0 Å². The molecule has 2 aromatic heterocycles. The van der Waals surface area contributed by atoms with Crippen molar-refractivity contribution in [3.05, 3.63) is 30.1 Å². The maximum absolute atomic E-state index is 8.95. The number of fused-ring (bicyclic) bond motifs is 1. The number of rotatable bonds is 3. The first-order chi connectivity index (χ1) is 9.79. The van der Waals surface area contributed by atoms with E-state index < -0.39 is 0 Å². The number of nitrogens with two attached hydrogens (primary N) is 1. The fourth-order valence-electron chi connectivity index (χ4n) is 2.72. The lowest BCUT2D eigenvalue weighted by Gasteiger charge is -2.23. The Morgan fingerprint density at radius 3 is 3.05 bits per heavy atom. The molecule has 6 heteroatoms. The first kappa shape index (κ1) is 12.9. The van der Waals surface area contributed by atoms with Crippen molar-refractivity contribution >= 4 is 16.9 Å². The average molecular weight is 274 g/mol. The number of nitrogens with zero attached hydrogens (tertiary/aromatic N) is 3. The topological polar surface area (TPSA) is 85.7 Å². The molecule has 1 aliphatic rings. The van der Waals surface area contributed by atoms with Crippen LogP contribution in [0.1, 0.15) is 18.5 Å². The summed E-state index contributed by atoms with van der Waals surface area (Å²) in [5.41, 5.74) is 7.38. The van der Waals surface area contributed by atoms with E-state index in [0.717, 1.165) is 43.6 Å². The molecule has 6 nitrogen and oxygen atoms in total. The van der Waals surface area contributed by atoms with Crippen molar-refractivity contribution in [1.82, 2.24) is 9.55 Å². The summed E-state index contributed by atoms with van der Waals surface area (Å²) in [4.78, 5) is 4.42. The summed E-state index contributed by atoms with van der Waals surface area (Å²) in [5, 5.41) is 13.1. The van der Waals surface area contributed by atoms with Crippen LogP contribution in [0.15, 0.2) is 29.6 Å². The van der Waals surface area contributed by atoms with Crippen molar-refractivity contribution in [2.45, 2.75) is 19.4 Å². The Hall–Kier alpha value is -2.08. The van der Waals surface area contributed by atoms with Crippen molar-refractivity contribution in [2.75, 3.05) is 13.2 Å². The van der Waals surface area contributed by atoms with Crippen molar-refractivity contribution in [1.29, 1.82) is 0 Å². The van der Waals surface area contributed by atoms with Gasteiger partial charge in [-0.15, -0.1) is 0 Å². The zero-order valence-electron chi connectivity index (χ0n) is 11.2. The number of amidine groups is 1. The quantitative estimate of drug-likeness (QED) is 0.385. The smallest absolute Gasteiger partial charge is 0.186 e. The summed E-state index contributed by atoms with van der Waals surface area (Å²) >= 11 is 0. The third-order valence-corrected chi connectivity index (χ3v) is 3.81. The summed E-state index contributed by atoms with van der Waals surface area (Å²) in [6, 6.07) is 5.78. The Kier molecular flexibility index (Phi) is 3.56. The summed E-state index contributed by atoms with van der Waals surface area (Å²) in [5.74, 6) is 0.654. The highest BCUT2D eigenvalue weighted by Crippen LogP contribution is 2.23. The fourth-order valence-corrected chi connectivity index (χ4v) is 2.72. The van der Waals surface area contributed by atoms with Gasteiger partial charge < -0.3 is 20.2 Å². The second kappa shape index (κ2) is 5.50. The molecule has 3 N–H and O–H groups in total. The zero-order chi connectivity index (χ0) is 13.9. The minimum atomic E-state index is 0.120. The molecule has 0 aliphatic carbocycles. The van der Waals surface area contributed by atoms with E-state index in [9.17, 15) is 0 Å². The minimum Gasteiger partial charge on any atom is -0.409 e. The molecule has 1 fully saturated rings. The number of aromatic nitrogens is 2. The van der Waals surface area contributed by atoms with Gasteiger partial charge in [-0.25, -0.2) is 4.98 Å². The largest absolute Gasteiger partial charge is 0.409 e. The van der Waals surface area contributed by atoms with Gasteiger partial charge in [0.05, 0.1) is 5.69 Å². The third-order valence-electron chi connectivity index (χ3n) is 3.81. The van der Waals surface area contributed by atoms with E-state index in [0.29, 0.717) is 11.6 Å². The highest BCUT2D eigenvalue weighted by Gasteiger charge is 2.19. The summed E-state index contributed by atoms with van der Waals surface area (Å²) in [6.45, 7) is 2.42. The van der Waals surface area contributed by atoms with Crippen LogP contribution in [0.2, 0.25) is 0 Å². The van der Waals surface area contributed by atoms with Crippen LogP contribution in [0, 0.1) is 5.92 Å². The van der Waals surface area contributed by atoms with Crippen LogP contribution in [-0.2, 0) is 11.3 Å². The Labute approximate surface area is 116 Å². The standard InChI is InChI=1S/C14H18N4O2/c15-13(17-19)12-8-11-2-1-5-16-14(11)18(12)9-10-3-6-20-7-4-10/h1-2,5,8,10,19H,3-4,6-7,9H2,(H2,15,17). The maximum atomic E-state index is 8.95. The molecule has 2 aromatic rings. The monoisotopic (exact) mass is 274 g/mol. The predicted molar refractivity (Wildman–Crippen MR) is 75.8 cm³/mol. The van der Waals surface area contributed by atoms with Crippen molar-refractivity contribution in [2.24, 2.45) is 16.8 Å². The molecule has 0 unspecified atom stereocenters. The van der Waals surface area contributed by atoms with Crippen LogP contribution < -0.4 is 5.73 Å². The van der Waals surface area contributed by atoms with Gasteiger partial charge >= 0.3 is 0 Å². The van der Waals surface area contributed by atoms with Gasteiger partial charge in [0.25, 0.3) is 0 Å². The number of ether oxygens (including phenoxy) is 1. The van der Waals surface area contributed by atoms with Gasteiger partial charge in [-0.2, -0.15) is 0 Å². The minimum absolute atomic E-state index is 0.120. The molecule has 106 valence electrons. The van der Waals surface area contributed by atoms with Gasteiger partial charge in [-0.05, 0) is 37.0 Å². The molecule has 20 heavy (non-hydrogen) atoms. The second-order valence-corrected chi connectivity index (χ2v) is 5.10. The molecular formula is C14H18N4O2. The predicted octanol–water partition coefficient (Wildman–Crippen LogP) is 1.56. The summed E-state index contributed by atoms with van der Waals surface area (Å²) in [7, 11) is 0. The molecule has 3 heterocycles. The van der Waals surface area contributed by atoms with E-state index in [2.05, 4.69) is 10.1 Å². The number of hydrogen-bond donors (Lipinski definition) is 2. The van der Waals surface area contributed by atoms with Crippen molar-refractivity contribution in [3.63, 3.8) is 0 Å². The van der Waals surface area contributed by atoms with E-state index in [1.165, 1.54) is 0 Å². The first-order valence-electron chi connectivity index (χ1n) is 6.79. The maximum Gasteiger partial charge on any atom is 0.186 e. The van der Waals surface area contributed by atoms with E-state index in [1.807, 2.05) is 22.8 Å². The average Bonchev–Trinajstić information content (AvgIpc) is 2.86. The van der Waals surface area contributed by atoms with Crippen LogP contribution in [0.4, 0.5) is 0 Å². The fraction of sp³-hybridized carbons (Fsp3) is 0.429. The zero-order valence-corrected chi connectivity index (χ0v) is 11.2. The molecule has 0 bridgehead atoms. The number of hydrogen-bond acceptors (Lipinski definition) is 4. The summed E-state index contributed by atoms with van der Waals surface area (Å²) < 4.78 is 7.43. The Morgan fingerprint density at radius 1 is 1.50 bits per heavy atom. The molecular weight excluding hydrogens is 256 g/mol. The molecule has 0 radical (unpaired) electrons. The van der Waals surface area contributed by atoms with Crippen LogP contribution in [-0.4, -0.2) is 33.8 Å². The molecule has 3 rings (SSSR count). The highest BCUT2D eigenvalue weighted by molar-refractivity contribution is 6.00. The SMILES string of the molecule is N/C(=N\O)c1cc2cccnc2n1CC1CCOCC1. The lowest BCUT2D eigenvalue weighted by Crippen LogP contribution is -2.24. The number of pyridine rings is 1. The highest BCUT2D eigenvalue weighted by atomic mass is 16.5. The van der Waals surface area contributed by atoms with E-state index >= 15 is 0 Å². The Morgan fingerprint density at radius 2 is 2.30 bits per heavy atom. The molecule has 1 aliphatic heterocycles. The molecule has 1 saturated heterocycles. The normalized spacial score (nSPS) is 17.7. The van der Waals surface area contributed by atoms with E-state index in [-0.39, 0.29) is 5.84 Å². The van der Waals surface area contributed by atoms with Gasteiger partial charge in [0, 0.05) is 31.3 Å². The van der Waals surface area contributed by atoms with Gasteiger partial charge in [0.15, 0.2) is 5.84 Å². The van der Waals surface area contributed by atoms with Gasteiger partial charge in [-0.3, -0.25) is 0 Å². The van der Waals surface area contributed by atoms with E-state index in [4.69, 9.17) is 15.7 Å². The van der Waals surface area contributed by atoms with Crippen molar-refractivity contribution < 1.29 is 9.94 Å². The second-order valence-electron chi connectivity index (χ2n) is 5.10. The molecule has 0 atom stereocenters. The Balaban J connectivity index is 2.01. The Bertz CT molecular complexity index is 629.